The number of rotatable bonds is 8. The summed E-state index contributed by atoms with van der Waals surface area (Å²) in [5, 5.41) is 19.2. The molecule has 0 aliphatic heterocycles. The second kappa shape index (κ2) is 11.9. The summed E-state index contributed by atoms with van der Waals surface area (Å²) in [6.07, 6.45) is 6.26. The van der Waals surface area contributed by atoms with Crippen molar-refractivity contribution in [3.05, 3.63) is 104 Å². The molecule has 1 aliphatic rings. The van der Waals surface area contributed by atoms with Crippen molar-refractivity contribution < 1.29 is 18.8 Å². The van der Waals surface area contributed by atoms with E-state index >= 15 is 0 Å². The second-order valence-corrected chi connectivity index (χ2v) is 9.48. The second-order valence-electron chi connectivity index (χ2n) is 9.48. The monoisotopic (exact) mass is 543 g/mol. The zero-order valence-corrected chi connectivity index (χ0v) is 21.5. The van der Waals surface area contributed by atoms with Gasteiger partial charge in [-0.1, -0.05) is 37.5 Å². The summed E-state index contributed by atoms with van der Waals surface area (Å²) >= 11 is 0. The number of aromatic nitrogens is 2. The molecule has 0 radical (unpaired) electrons. The number of nitrogens with zero attached hydrogens (tertiary/aromatic N) is 4. The number of carbonyl (C=O) groups excluding carboxylic acids is 1. The van der Waals surface area contributed by atoms with Gasteiger partial charge in [0.25, 0.3) is 11.5 Å². The van der Waals surface area contributed by atoms with Crippen LogP contribution in [0.2, 0.25) is 0 Å². The molecular formula is C29H26FN5O5. The van der Waals surface area contributed by atoms with E-state index in [2.05, 4.69) is 10.4 Å². The summed E-state index contributed by atoms with van der Waals surface area (Å²) < 4.78 is 20.0. The van der Waals surface area contributed by atoms with Crippen molar-refractivity contribution in [1.29, 1.82) is 0 Å². The Kier molecular flexibility index (Phi) is 7.90. The maximum absolute atomic E-state index is 13.5. The minimum Gasteiger partial charge on any atom is -0.476 e. The maximum atomic E-state index is 13.5. The molecule has 3 aromatic carbocycles. The van der Waals surface area contributed by atoms with Gasteiger partial charge in [0.1, 0.15) is 11.6 Å². The molecule has 0 unspecified atom stereocenters. The molecule has 5 rings (SSSR count). The topological polar surface area (TPSA) is 129 Å². The number of nitro groups is 1. The van der Waals surface area contributed by atoms with Gasteiger partial charge in [0.05, 0.1) is 22.0 Å². The largest absolute Gasteiger partial charge is 0.476 e. The Hall–Kier alpha value is -4.93. The van der Waals surface area contributed by atoms with Crippen molar-refractivity contribution in [2.24, 2.45) is 5.10 Å². The molecule has 10 nitrogen and oxygen atoms in total. The quantitative estimate of drug-likeness (QED) is 0.180. The van der Waals surface area contributed by atoms with Crippen LogP contribution in [0.5, 0.6) is 5.75 Å². The first-order chi connectivity index (χ1) is 19.4. The highest BCUT2D eigenvalue weighted by Gasteiger charge is 2.23. The lowest BCUT2D eigenvalue weighted by molar-refractivity contribution is -0.385. The number of carbonyl (C=O) groups is 1. The van der Waals surface area contributed by atoms with Crippen molar-refractivity contribution in [1.82, 2.24) is 9.66 Å². The van der Waals surface area contributed by atoms with Gasteiger partial charge >= 0.3 is 5.69 Å². The first-order valence-electron chi connectivity index (χ1n) is 12.9. The van der Waals surface area contributed by atoms with Crippen molar-refractivity contribution in [2.45, 2.75) is 38.0 Å². The zero-order valence-electron chi connectivity index (χ0n) is 21.5. The normalized spacial score (nSPS) is 13.9. The molecule has 40 heavy (non-hydrogen) atoms. The summed E-state index contributed by atoms with van der Waals surface area (Å²) in [6.45, 7) is -0.548. The molecule has 0 spiro atoms. The Labute approximate surface area is 228 Å². The average Bonchev–Trinajstić information content (AvgIpc) is 2.97. The lowest BCUT2D eigenvalue weighted by atomic mass is 9.88. The number of nitro benzene ring substituents is 1. The Morgan fingerprint density at radius 3 is 2.60 bits per heavy atom. The lowest BCUT2D eigenvalue weighted by Crippen LogP contribution is -2.25. The average molecular weight is 544 g/mol. The highest BCUT2D eigenvalue weighted by molar-refractivity contribution is 5.92. The van der Waals surface area contributed by atoms with E-state index in [1.165, 1.54) is 47.3 Å². The Morgan fingerprint density at radius 2 is 1.85 bits per heavy atom. The van der Waals surface area contributed by atoms with Crippen LogP contribution < -0.4 is 15.6 Å². The molecule has 1 amide bonds. The summed E-state index contributed by atoms with van der Waals surface area (Å²) in [5.41, 5.74) is 0.436. The zero-order chi connectivity index (χ0) is 28.1. The van der Waals surface area contributed by atoms with Crippen molar-refractivity contribution in [2.75, 3.05) is 11.9 Å². The smallest absolute Gasteiger partial charge is 0.311 e. The van der Waals surface area contributed by atoms with Crippen molar-refractivity contribution >= 4 is 34.4 Å². The van der Waals surface area contributed by atoms with Gasteiger partial charge in [-0.2, -0.15) is 9.78 Å². The van der Waals surface area contributed by atoms with Crippen LogP contribution in [0.4, 0.5) is 15.8 Å². The van der Waals surface area contributed by atoms with E-state index < -0.39 is 23.3 Å². The summed E-state index contributed by atoms with van der Waals surface area (Å²) in [4.78, 5) is 41.8. The number of hydrogen-bond donors (Lipinski definition) is 1. The van der Waals surface area contributed by atoms with Gasteiger partial charge in [0, 0.05) is 23.2 Å². The number of para-hydroxylation sites is 2. The van der Waals surface area contributed by atoms with E-state index in [9.17, 15) is 24.1 Å². The highest BCUT2D eigenvalue weighted by Crippen LogP contribution is 2.33. The first-order valence-corrected chi connectivity index (χ1v) is 12.9. The van der Waals surface area contributed by atoms with Crippen LogP contribution in [0.3, 0.4) is 0 Å². The third kappa shape index (κ3) is 5.88. The molecule has 0 bridgehead atoms. The summed E-state index contributed by atoms with van der Waals surface area (Å²) in [5.74, 6) is -0.621. The first kappa shape index (κ1) is 26.7. The van der Waals surface area contributed by atoms with E-state index in [-0.39, 0.29) is 28.5 Å². The SMILES string of the molecule is O=C(COc1c(C=Nn2c(C3CCCCC3)nc3ccccc3c2=O)cccc1[N+](=O)[O-])Nc1ccc(F)cc1. The molecule has 1 heterocycles. The van der Waals surface area contributed by atoms with Gasteiger partial charge in [0.2, 0.25) is 5.75 Å². The number of halogens is 1. The van der Waals surface area contributed by atoms with E-state index in [1.54, 1.807) is 24.3 Å². The molecule has 204 valence electrons. The van der Waals surface area contributed by atoms with Crippen LogP contribution in [0.1, 0.15) is 49.4 Å². The van der Waals surface area contributed by atoms with Crippen molar-refractivity contribution in [3.8, 4) is 5.75 Å². The highest BCUT2D eigenvalue weighted by atomic mass is 19.1. The van der Waals surface area contributed by atoms with Crippen LogP contribution in [0.15, 0.2) is 76.6 Å². The van der Waals surface area contributed by atoms with Gasteiger partial charge in [-0.15, -0.1) is 0 Å². The number of amides is 1. The molecule has 4 aromatic rings. The van der Waals surface area contributed by atoms with E-state index in [0.29, 0.717) is 22.4 Å². The van der Waals surface area contributed by atoms with Crippen LogP contribution in [0.25, 0.3) is 10.9 Å². The number of anilines is 1. The van der Waals surface area contributed by atoms with Gasteiger partial charge in [-0.25, -0.2) is 9.37 Å². The third-order valence-electron chi connectivity index (χ3n) is 6.76. The molecular weight excluding hydrogens is 517 g/mol. The number of hydrogen-bond acceptors (Lipinski definition) is 7. The fourth-order valence-electron chi connectivity index (χ4n) is 4.81. The lowest BCUT2D eigenvalue weighted by Gasteiger charge is -2.22. The number of ether oxygens (including phenoxy) is 1. The maximum Gasteiger partial charge on any atom is 0.311 e. The fourth-order valence-corrected chi connectivity index (χ4v) is 4.81. The van der Waals surface area contributed by atoms with Crippen LogP contribution in [0, 0.1) is 15.9 Å². The summed E-state index contributed by atoms with van der Waals surface area (Å²) in [6, 6.07) is 16.5. The van der Waals surface area contributed by atoms with Gasteiger partial charge in [-0.05, 0) is 55.3 Å². The Balaban J connectivity index is 1.48. The Bertz CT molecular complexity index is 1650. The minimum atomic E-state index is -0.623. The fraction of sp³-hybridized carbons (Fsp3) is 0.241. The molecule has 1 aliphatic carbocycles. The van der Waals surface area contributed by atoms with Crippen molar-refractivity contribution in [3.63, 3.8) is 0 Å². The third-order valence-corrected chi connectivity index (χ3v) is 6.76. The molecule has 0 saturated heterocycles. The molecule has 1 aromatic heterocycles. The summed E-state index contributed by atoms with van der Waals surface area (Å²) in [7, 11) is 0. The predicted molar refractivity (Wildman–Crippen MR) is 148 cm³/mol. The van der Waals surface area contributed by atoms with E-state index in [1.807, 2.05) is 6.07 Å². The van der Waals surface area contributed by atoms with E-state index in [4.69, 9.17) is 9.72 Å². The molecule has 11 heteroatoms. The number of nitrogens with one attached hydrogen (secondary N) is 1. The van der Waals surface area contributed by atoms with Gasteiger partial charge in [-0.3, -0.25) is 19.7 Å². The van der Waals surface area contributed by atoms with Gasteiger partial charge in [0.15, 0.2) is 6.61 Å². The number of fused-ring (bicyclic) bond motifs is 1. The van der Waals surface area contributed by atoms with E-state index in [0.717, 1.165) is 32.1 Å². The molecule has 1 saturated carbocycles. The minimum absolute atomic E-state index is 0.0548. The van der Waals surface area contributed by atoms with Gasteiger partial charge < -0.3 is 10.1 Å². The predicted octanol–water partition coefficient (Wildman–Crippen LogP) is 5.39. The molecule has 0 atom stereocenters. The number of benzene rings is 3. The standard InChI is InChI=1S/C29H26FN5O5/c30-21-13-15-22(16-14-21)32-26(36)18-40-27-20(9-6-12-25(27)35(38)39)17-31-34-28(19-7-2-1-3-8-19)33-24-11-5-4-10-23(24)29(34)37/h4-6,9-17,19H,1-3,7-8,18H2,(H,32,36). The van der Waals surface area contributed by atoms with Crippen LogP contribution >= 0.6 is 0 Å². The molecule has 1 N–H and O–H groups in total. The Morgan fingerprint density at radius 1 is 1.10 bits per heavy atom. The van der Waals surface area contributed by atoms with Crippen LogP contribution in [-0.4, -0.2) is 33.3 Å². The molecule has 1 fully saturated rings. The van der Waals surface area contributed by atoms with Crippen LogP contribution in [-0.2, 0) is 4.79 Å².